The fraction of sp³-hybridized carbons (Fsp3) is 0.312. The summed E-state index contributed by atoms with van der Waals surface area (Å²) < 4.78 is 29.2. The van der Waals surface area contributed by atoms with Crippen LogP contribution in [0.2, 0.25) is 0 Å². The van der Waals surface area contributed by atoms with Gasteiger partial charge in [0, 0.05) is 39.9 Å². The van der Waals surface area contributed by atoms with Crippen molar-refractivity contribution in [3.05, 3.63) is 47.8 Å². The van der Waals surface area contributed by atoms with E-state index in [1.807, 2.05) is 24.3 Å². The third kappa shape index (κ3) is 3.51. The van der Waals surface area contributed by atoms with E-state index < -0.39 is 10.0 Å². The first-order chi connectivity index (χ1) is 11.4. The number of anilines is 1. The van der Waals surface area contributed by atoms with Gasteiger partial charge in [0.15, 0.2) is 0 Å². The number of para-hydroxylation sites is 1. The highest BCUT2D eigenvalue weighted by atomic mass is 35.5. The highest BCUT2D eigenvalue weighted by Crippen LogP contribution is 2.28. The lowest BCUT2D eigenvalue weighted by molar-refractivity contribution is 0.0955. The van der Waals surface area contributed by atoms with Gasteiger partial charge in [-0.05, 0) is 17.7 Å². The van der Waals surface area contributed by atoms with Crippen LogP contribution in [0.5, 0.6) is 0 Å². The number of carbonyl (C=O) groups is 1. The predicted octanol–water partition coefficient (Wildman–Crippen LogP) is 1.11. The molecule has 2 heterocycles. The van der Waals surface area contributed by atoms with Gasteiger partial charge in [0.1, 0.15) is 10.6 Å². The van der Waals surface area contributed by atoms with Crippen LogP contribution in [0, 0.1) is 0 Å². The smallest absolute Gasteiger partial charge is 0.267 e. The molecule has 7 nitrogen and oxygen atoms in total. The monoisotopic (exact) mass is 384 g/mol. The number of hydrogen-bond donors (Lipinski definition) is 2. The SMILES string of the molecule is CNC(=O)c1cc(S(=O)(=O)N2CCNCc3ccccc32)cn1C.Cl. The van der Waals surface area contributed by atoms with Crippen LogP contribution in [0.15, 0.2) is 41.4 Å². The first-order valence-corrected chi connectivity index (χ1v) is 9.09. The Bertz CT molecular complexity index is 879. The number of halogens is 1. The van der Waals surface area contributed by atoms with Gasteiger partial charge in [-0.15, -0.1) is 12.4 Å². The third-order valence-electron chi connectivity index (χ3n) is 4.09. The van der Waals surface area contributed by atoms with Crippen molar-refractivity contribution >= 4 is 34.0 Å². The van der Waals surface area contributed by atoms with Gasteiger partial charge in [0.05, 0.1) is 5.69 Å². The summed E-state index contributed by atoms with van der Waals surface area (Å²) in [4.78, 5) is 12.0. The highest BCUT2D eigenvalue weighted by molar-refractivity contribution is 7.92. The molecule has 0 unspecified atom stereocenters. The van der Waals surface area contributed by atoms with Crippen LogP contribution in [0.25, 0.3) is 0 Å². The Hall–Kier alpha value is -2.03. The minimum Gasteiger partial charge on any atom is -0.354 e. The molecule has 1 aliphatic heterocycles. The van der Waals surface area contributed by atoms with Gasteiger partial charge in [0.25, 0.3) is 15.9 Å². The second kappa shape index (κ2) is 7.47. The average molecular weight is 385 g/mol. The lowest BCUT2D eigenvalue weighted by Crippen LogP contribution is -2.34. The molecular formula is C16H21ClN4O3S. The summed E-state index contributed by atoms with van der Waals surface area (Å²) in [5.74, 6) is -0.322. The van der Waals surface area contributed by atoms with Crippen LogP contribution in [-0.4, -0.2) is 39.0 Å². The third-order valence-corrected chi connectivity index (χ3v) is 5.87. The molecule has 0 atom stereocenters. The van der Waals surface area contributed by atoms with Gasteiger partial charge < -0.3 is 15.2 Å². The van der Waals surface area contributed by atoms with Gasteiger partial charge in [-0.1, -0.05) is 18.2 Å². The fourth-order valence-corrected chi connectivity index (χ4v) is 4.41. The number of nitrogens with zero attached hydrogens (tertiary/aromatic N) is 2. The van der Waals surface area contributed by atoms with Crippen molar-refractivity contribution in [2.45, 2.75) is 11.4 Å². The molecule has 1 aromatic heterocycles. The molecule has 2 aromatic rings. The number of fused-ring (bicyclic) bond motifs is 1. The first kappa shape index (κ1) is 19.3. The van der Waals surface area contributed by atoms with E-state index >= 15 is 0 Å². The van der Waals surface area contributed by atoms with Crippen molar-refractivity contribution in [3.63, 3.8) is 0 Å². The van der Waals surface area contributed by atoms with Gasteiger partial charge >= 0.3 is 0 Å². The Morgan fingerprint density at radius 2 is 2.00 bits per heavy atom. The van der Waals surface area contributed by atoms with Crippen molar-refractivity contribution in [1.29, 1.82) is 0 Å². The van der Waals surface area contributed by atoms with E-state index in [0.717, 1.165) is 5.56 Å². The van der Waals surface area contributed by atoms with E-state index in [9.17, 15) is 13.2 Å². The van der Waals surface area contributed by atoms with E-state index in [4.69, 9.17) is 0 Å². The van der Waals surface area contributed by atoms with Crippen molar-refractivity contribution in [3.8, 4) is 0 Å². The highest BCUT2D eigenvalue weighted by Gasteiger charge is 2.29. The first-order valence-electron chi connectivity index (χ1n) is 7.65. The van der Waals surface area contributed by atoms with Crippen LogP contribution in [-0.2, 0) is 23.6 Å². The molecule has 25 heavy (non-hydrogen) atoms. The zero-order valence-electron chi connectivity index (χ0n) is 14.0. The Morgan fingerprint density at radius 1 is 1.28 bits per heavy atom. The second-order valence-corrected chi connectivity index (χ2v) is 7.50. The van der Waals surface area contributed by atoms with Crippen molar-refractivity contribution < 1.29 is 13.2 Å². The van der Waals surface area contributed by atoms with Crippen LogP contribution in [0.3, 0.4) is 0 Å². The summed E-state index contributed by atoms with van der Waals surface area (Å²) in [5.41, 5.74) is 1.91. The van der Waals surface area contributed by atoms with Crippen LogP contribution in [0.4, 0.5) is 5.69 Å². The Labute approximate surface area is 153 Å². The average Bonchev–Trinajstić information content (AvgIpc) is 2.84. The van der Waals surface area contributed by atoms with Crippen LogP contribution < -0.4 is 14.9 Å². The number of amides is 1. The Morgan fingerprint density at radius 3 is 2.72 bits per heavy atom. The molecule has 0 saturated carbocycles. The zero-order chi connectivity index (χ0) is 17.3. The summed E-state index contributed by atoms with van der Waals surface area (Å²) in [6.07, 6.45) is 1.47. The molecular weight excluding hydrogens is 364 g/mol. The van der Waals surface area contributed by atoms with Gasteiger partial charge in [-0.2, -0.15) is 0 Å². The summed E-state index contributed by atoms with van der Waals surface area (Å²) in [6.45, 7) is 1.52. The van der Waals surface area contributed by atoms with Gasteiger partial charge in [0.2, 0.25) is 0 Å². The number of carbonyl (C=O) groups excluding carboxylic acids is 1. The minimum atomic E-state index is -3.75. The minimum absolute atomic E-state index is 0. The standard InChI is InChI=1S/C16H20N4O3S.ClH/c1-17-16(21)15-9-13(11-19(15)2)24(22,23)20-8-7-18-10-12-5-3-4-6-14(12)20;/h3-6,9,11,18H,7-8,10H2,1-2H3,(H,17,21);1H. The van der Waals surface area contributed by atoms with E-state index in [1.54, 1.807) is 7.05 Å². The van der Waals surface area contributed by atoms with E-state index in [0.29, 0.717) is 31.0 Å². The molecule has 1 aliphatic rings. The normalized spacial score (nSPS) is 14.2. The van der Waals surface area contributed by atoms with Crippen molar-refractivity contribution in [1.82, 2.24) is 15.2 Å². The van der Waals surface area contributed by atoms with E-state index in [-0.39, 0.29) is 23.2 Å². The lowest BCUT2D eigenvalue weighted by Gasteiger charge is -2.23. The topological polar surface area (TPSA) is 83.4 Å². The maximum atomic E-state index is 13.1. The lowest BCUT2D eigenvalue weighted by atomic mass is 10.2. The van der Waals surface area contributed by atoms with Crippen molar-refractivity contribution in [2.75, 3.05) is 24.4 Å². The molecule has 9 heteroatoms. The number of aromatic nitrogens is 1. The molecule has 2 N–H and O–H groups in total. The molecule has 0 fully saturated rings. The molecule has 1 aromatic carbocycles. The summed E-state index contributed by atoms with van der Waals surface area (Å²) >= 11 is 0. The number of hydrogen-bond acceptors (Lipinski definition) is 4. The molecule has 0 aliphatic carbocycles. The zero-order valence-corrected chi connectivity index (χ0v) is 15.7. The number of rotatable bonds is 3. The van der Waals surface area contributed by atoms with E-state index in [1.165, 1.54) is 28.2 Å². The number of benzene rings is 1. The maximum absolute atomic E-state index is 13.1. The van der Waals surface area contributed by atoms with Crippen LogP contribution in [0.1, 0.15) is 16.1 Å². The molecule has 0 radical (unpaired) electrons. The molecule has 0 bridgehead atoms. The fourth-order valence-electron chi connectivity index (χ4n) is 2.83. The summed E-state index contributed by atoms with van der Waals surface area (Å²) in [7, 11) is -0.581. The predicted molar refractivity (Wildman–Crippen MR) is 98.7 cm³/mol. The van der Waals surface area contributed by atoms with Gasteiger partial charge in [-0.25, -0.2) is 8.42 Å². The Balaban J connectivity index is 0.00000225. The van der Waals surface area contributed by atoms with Crippen molar-refractivity contribution in [2.24, 2.45) is 7.05 Å². The molecule has 0 spiro atoms. The second-order valence-electron chi connectivity index (χ2n) is 5.63. The molecule has 1 amide bonds. The summed E-state index contributed by atoms with van der Waals surface area (Å²) in [6, 6.07) is 8.85. The number of sulfonamides is 1. The summed E-state index contributed by atoms with van der Waals surface area (Å²) in [5, 5.41) is 5.74. The molecule has 3 rings (SSSR count). The number of aryl methyl sites for hydroxylation is 1. The molecule has 0 saturated heterocycles. The quantitative estimate of drug-likeness (QED) is 0.830. The maximum Gasteiger partial charge on any atom is 0.267 e. The van der Waals surface area contributed by atoms with E-state index in [2.05, 4.69) is 10.6 Å². The number of nitrogens with one attached hydrogen (secondary N) is 2. The van der Waals surface area contributed by atoms with Crippen LogP contribution >= 0.6 is 12.4 Å². The van der Waals surface area contributed by atoms with Gasteiger partial charge in [-0.3, -0.25) is 9.10 Å². The Kier molecular flexibility index (Phi) is 5.76. The largest absolute Gasteiger partial charge is 0.354 e. The molecule has 136 valence electrons.